The Morgan fingerprint density at radius 3 is 2.38 bits per heavy atom. The van der Waals surface area contributed by atoms with Crippen LogP contribution in [0, 0.1) is 0 Å². The summed E-state index contributed by atoms with van der Waals surface area (Å²) in [6.45, 7) is 0. The van der Waals surface area contributed by atoms with Gasteiger partial charge in [-0.1, -0.05) is 18.2 Å². The maximum absolute atomic E-state index is 5.68. The van der Waals surface area contributed by atoms with Crippen molar-refractivity contribution in [1.82, 2.24) is 4.57 Å². The summed E-state index contributed by atoms with van der Waals surface area (Å²) in [6, 6.07) is 18.4. The third-order valence-electron chi connectivity index (χ3n) is 2.77. The van der Waals surface area contributed by atoms with Gasteiger partial charge in [0.25, 0.3) is 0 Å². The van der Waals surface area contributed by atoms with Crippen LogP contribution in [-0.2, 0) is 0 Å². The van der Waals surface area contributed by atoms with Crippen LogP contribution in [0.1, 0.15) is 0 Å². The number of anilines is 1. The smallest absolute Gasteiger partial charge is 0.0528 e. The number of nitrogens with zero attached hydrogens (tertiary/aromatic N) is 1. The quantitative estimate of drug-likeness (QED) is 0.611. The predicted molar refractivity (Wildman–Crippen MR) is 67.7 cm³/mol. The highest BCUT2D eigenvalue weighted by molar-refractivity contribution is 5.81. The van der Waals surface area contributed by atoms with Gasteiger partial charge >= 0.3 is 0 Å². The Morgan fingerprint density at radius 1 is 0.812 bits per heavy atom. The number of para-hydroxylation sites is 1. The van der Waals surface area contributed by atoms with Gasteiger partial charge < -0.3 is 10.3 Å². The molecule has 78 valence electrons. The molecule has 3 aromatic rings. The molecule has 0 saturated carbocycles. The number of rotatable bonds is 1. The van der Waals surface area contributed by atoms with Crippen molar-refractivity contribution in [3.05, 3.63) is 60.8 Å². The van der Waals surface area contributed by atoms with Gasteiger partial charge in [-0.05, 0) is 41.8 Å². The Bertz CT molecular complexity index is 621. The minimum Gasteiger partial charge on any atom is -0.399 e. The largest absolute Gasteiger partial charge is 0.399 e. The van der Waals surface area contributed by atoms with Crippen LogP contribution in [0.15, 0.2) is 60.8 Å². The number of nitrogens with two attached hydrogens (primary N) is 1. The Kier molecular flexibility index (Phi) is 1.93. The Hall–Kier alpha value is -2.22. The first-order chi connectivity index (χ1) is 7.84. The van der Waals surface area contributed by atoms with E-state index < -0.39 is 0 Å². The van der Waals surface area contributed by atoms with Gasteiger partial charge in [0.2, 0.25) is 0 Å². The molecule has 0 aliphatic carbocycles. The molecule has 2 aromatic carbocycles. The maximum Gasteiger partial charge on any atom is 0.0528 e. The fourth-order valence-electron chi connectivity index (χ4n) is 1.94. The van der Waals surface area contributed by atoms with Gasteiger partial charge in [-0.2, -0.15) is 0 Å². The SMILES string of the molecule is Nc1ccc(-n2ccc3ccccc32)cc1. The molecule has 16 heavy (non-hydrogen) atoms. The number of hydrogen-bond donors (Lipinski definition) is 1. The number of hydrogen-bond acceptors (Lipinski definition) is 1. The average molecular weight is 208 g/mol. The molecule has 0 spiro atoms. The van der Waals surface area contributed by atoms with Crippen LogP contribution in [0.4, 0.5) is 5.69 Å². The van der Waals surface area contributed by atoms with Gasteiger partial charge in [-0.3, -0.25) is 0 Å². The molecule has 2 heteroatoms. The molecule has 0 bridgehead atoms. The lowest BCUT2D eigenvalue weighted by atomic mass is 10.2. The van der Waals surface area contributed by atoms with Crippen LogP contribution in [0.2, 0.25) is 0 Å². The Balaban J connectivity index is 2.22. The van der Waals surface area contributed by atoms with Crippen LogP contribution in [0.3, 0.4) is 0 Å². The number of benzene rings is 2. The highest BCUT2D eigenvalue weighted by atomic mass is 15.0. The second-order valence-electron chi connectivity index (χ2n) is 3.84. The first kappa shape index (κ1) is 9.04. The monoisotopic (exact) mass is 208 g/mol. The van der Waals surface area contributed by atoms with E-state index >= 15 is 0 Å². The average Bonchev–Trinajstić information content (AvgIpc) is 2.74. The van der Waals surface area contributed by atoms with Crippen molar-refractivity contribution >= 4 is 16.6 Å². The van der Waals surface area contributed by atoms with Gasteiger partial charge in [-0.25, -0.2) is 0 Å². The van der Waals surface area contributed by atoms with Crippen LogP contribution in [0.5, 0.6) is 0 Å². The summed E-state index contributed by atoms with van der Waals surface area (Å²) in [5.41, 5.74) is 8.83. The number of nitrogen functional groups attached to an aromatic ring is 1. The molecule has 0 aliphatic heterocycles. The van der Waals surface area contributed by atoms with E-state index in [1.807, 2.05) is 24.3 Å². The van der Waals surface area contributed by atoms with E-state index in [9.17, 15) is 0 Å². The molecule has 1 aromatic heterocycles. The van der Waals surface area contributed by atoms with Crippen LogP contribution < -0.4 is 5.73 Å². The van der Waals surface area contributed by atoms with Crippen LogP contribution >= 0.6 is 0 Å². The molecule has 0 radical (unpaired) electrons. The minimum absolute atomic E-state index is 0.792. The van der Waals surface area contributed by atoms with Crippen molar-refractivity contribution < 1.29 is 0 Å². The van der Waals surface area contributed by atoms with Crippen molar-refractivity contribution in [2.45, 2.75) is 0 Å². The van der Waals surface area contributed by atoms with E-state index in [1.165, 1.54) is 10.9 Å². The normalized spacial score (nSPS) is 10.8. The molecule has 0 fully saturated rings. The summed E-state index contributed by atoms with van der Waals surface area (Å²) in [4.78, 5) is 0. The highest BCUT2D eigenvalue weighted by Gasteiger charge is 2.01. The summed E-state index contributed by atoms with van der Waals surface area (Å²) >= 11 is 0. The third kappa shape index (κ3) is 1.36. The topological polar surface area (TPSA) is 30.9 Å². The molecule has 0 unspecified atom stereocenters. The summed E-state index contributed by atoms with van der Waals surface area (Å²) in [5, 5.41) is 1.25. The van der Waals surface area contributed by atoms with Gasteiger partial charge in [-0.15, -0.1) is 0 Å². The van der Waals surface area contributed by atoms with E-state index in [0.717, 1.165) is 11.4 Å². The lowest BCUT2D eigenvalue weighted by Gasteiger charge is -2.05. The van der Waals surface area contributed by atoms with Gasteiger partial charge in [0.05, 0.1) is 5.52 Å². The van der Waals surface area contributed by atoms with E-state index in [1.54, 1.807) is 0 Å². The molecule has 0 atom stereocenters. The molecular formula is C14H12N2. The summed E-state index contributed by atoms with van der Waals surface area (Å²) in [5.74, 6) is 0. The zero-order chi connectivity index (χ0) is 11.0. The van der Waals surface area contributed by atoms with Gasteiger partial charge in [0, 0.05) is 17.6 Å². The fourth-order valence-corrected chi connectivity index (χ4v) is 1.94. The first-order valence-corrected chi connectivity index (χ1v) is 5.26. The molecule has 0 amide bonds. The molecule has 2 nitrogen and oxygen atoms in total. The summed E-state index contributed by atoms with van der Waals surface area (Å²) in [7, 11) is 0. The van der Waals surface area contributed by atoms with Gasteiger partial charge in [0.1, 0.15) is 0 Å². The van der Waals surface area contributed by atoms with Crippen molar-refractivity contribution in [1.29, 1.82) is 0 Å². The third-order valence-corrected chi connectivity index (χ3v) is 2.77. The lowest BCUT2D eigenvalue weighted by Crippen LogP contribution is -1.92. The highest BCUT2D eigenvalue weighted by Crippen LogP contribution is 2.20. The van der Waals surface area contributed by atoms with E-state index in [-0.39, 0.29) is 0 Å². The predicted octanol–water partition coefficient (Wildman–Crippen LogP) is 3.21. The van der Waals surface area contributed by atoms with Crippen molar-refractivity contribution in [3.63, 3.8) is 0 Å². The molecule has 3 rings (SSSR count). The van der Waals surface area contributed by atoms with E-state index in [0.29, 0.717) is 0 Å². The lowest BCUT2D eigenvalue weighted by molar-refractivity contribution is 1.13. The minimum atomic E-state index is 0.792. The maximum atomic E-state index is 5.68. The fraction of sp³-hybridized carbons (Fsp3) is 0. The molecule has 1 heterocycles. The molecule has 0 aliphatic rings. The van der Waals surface area contributed by atoms with E-state index in [2.05, 4.69) is 41.1 Å². The Labute approximate surface area is 93.9 Å². The zero-order valence-electron chi connectivity index (χ0n) is 8.80. The number of aromatic nitrogens is 1. The number of fused-ring (bicyclic) bond motifs is 1. The Morgan fingerprint density at radius 2 is 1.56 bits per heavy atom. The van der Waals surface area contributed by atoms with Crippen LogP contribution in [0.25, 0.3) is 16.6 Å². The molecule has 2 N–H and O–H groups in total. The standard InChI is InChI=1S/C14H12N2/c15-12-5-7-13(8-6-12)16-10-9-11-3-1-2-4-14(11)16/h1-10H,15H2. The molecule has 0 saturated heterocycles. The van der Waals surface area contributed by atoms with Crippen molar-refractivity contribution in [3.8, 4) is 5.69 Å². The van der Waals surface area contributed by atoms with Crippen molar-refractivity contribution in [2.75, 3.05) is 5.73 Å². The summed E-state index contributed by atoms with van der Waals surface area (Å²) in [6.07, 6.45) is 2.08. The second kappa shape index (κ2) is 3.42. The molecular weight excluding hydrogens is 196 g/mol. The van der Waals surface area contributed by atoms with Crippen molar-refractivity contribution in [2.24, 2.45) is 0 Å². The van der Waals surface area contributed by atoms with E-state index in [4.69, 9.17) is 5.73 Å². The second-order valence-corrected chi connectivity index (χ2v) is 3.84. The van der Waals surface area contributed by atoms with Crippen LogP contribution in [-0.4, -0.2) is 4.57 Å². The zero-order valence-corrected chi connectivity index (χ0v) is 8.80. The van der Waals surface area contributed by atoms with Gasteiger partial charge in [0.15, 0.2) is 0 Å². The first-order valence-electron chi connectivity index (χ1n) is 5.26. The summed E-state index contributed by atoms with van der Waals surface area (Å²) < 4.78 is 2.16.